The van der Waals surface area contributed by atoms with Gasteiger partial charge >= 0.3 is 6.03 Å². The van der Waals surface area contributed by atoms with E-state index in [-0.39, 0.29) is 6.03 Å². The Hall–Kier alpha value is -1.58. The smallest absolute Gasteiger partial charge is 0.315 e. The molecule has 0 unspecified atom stereocenters. The summed E-state index contributed by atoms with van der Waals surface area (Å²) in [6, 6.07) is 4.10. The van der Waals surface area contributed by atoms with E-state index in [2.05, 4.69) is 15.6 Å². The van der Waals surface area contributed by atoms with E-state index in [0.29, 0.717) is 12.6 Å². The molecule has 1 aromatic heterocycles. The van der Waals surface area contributed by atoms with Crippen LogP contribution in [0.4, 0.5) is 4.79 Å². The van der Waals surface area contributed by atoms with Crippen LogP contribution in [0.25, 0.3) is 0 Å². The fourth-order valence-corrected chi connectivity index (χ4v) is 1.99. The van der Waals surface area contributed by atoms with E-state index in [1.165, 1.54) is 12.8 Å². The summed E-state index contributed by atoms with van der Waals surface area (Å²) in [6.45, 7) is 0.557. The highest BCUT2D eigenvalue weighted by molar-refractivity contribution is 5.74. The number of urea groups is 1. The van der Waals surface area contributed by atoms with Crippen LogP contribution in [0.15, 0.2) is 24.5 Å². The van der Waals surface area contributed by atoms with Crippen LogP contribution >= 0.6 is 0 Å². The molecule has 4 heteroatoms. The summed E-state index contributed by atoms with van der Waals surface area (Å²) in [4.78, 5) is 15.5. The van der Waals surface area contributed by atoms with Gasteiger partial charge in [-0.15, -0.1) is 0 Å². The zero-order valence-electron chi connectivity index (χ0n) is 9.28. The lowest BCUT2D eigenvalue weighted by atomic mass is 10.2. The van der Waals surface area contributed by atoms with Crippen molar-refractivity contribution in [1.29, 1.82) is 0 Å². The molecule has 0 aliphatic heterocycles. The largest absolute Gasteiger partial charge is 0.335 e. The fraction of sp³-hybridized carbons (Fsp3) is 0.500. The monoisotopic (exact) mass is 219 g/mol. The molecule has 86 valence electrons. The molecule has 0 atom stereocenters. The molecule has 0 bridgehead atoms. The standard InChI is InChI=1S/C12H17N3O/c16-12(15-11-3-1-2-4-11)14-9-10-5-7-13-8-6-10/h5-8,11H,1-4,9H2,(H2,14,15,16). The molecule has 0 spiro atoms. The Balaban J connectivity index is 1.71. The lowest BCUT2D eigenvalue weighted by molar-refractivity contribution is 0.236. The lowest BCUT2D eigenvalue weighted by Gasteiger charge is -2.12. The van der Waals surface area contributed by atoms with Crippen LogP contribution in [0.3, 0.4) is 0 Å². The van der Waals surface area contributed by atoms with Gasteiger partial charge in [-0.05, 0) is 30.5 Å². The zero-order valence-corrected chi connectivity index (χ0v) is 9.28. The first kappa shape index (κ1) is 10.9. The summed E-state index contributed by atoms with van der Waals surface area (Å²) in [6.07, 6.45) is 8.15. The number of nitrogens with zero attached hydrogens (tertiary/aromatic N) is 1. The van der Waals surface area contributed by atoms with Gasteiger partial charge in [-0.3, -0.25) is 4.98 Å². The molecule has 0 saturated heterocycles. The molecule has 1 aliphatic rings. The van der Waals surface area contributed by atoms with E-state index in [0.717, 1.165) is 18.4 Å². The number of hydrogen-bond acceptors (Lipinski definition) is 2. The molecule has 4 nitrogen and oxygen atoms in total. The van der Waals surface area contributed by atoms with E-state index < -0.39 is 0 Å². The normalized spacial score (nSPS) is 16.0. The second-order valence-electron chi connectivity index (χ2n) is 4.16. The molecule has 0 aromatic carbocycles. The Bertz CT molecular complexity index is 333. The topological polar surface area (TPSA) is 54.0 Å². The summed E-state index contributed by atoms with van der Waals surface area (Å²) >= 11 is 0. The first-order chi connectivity index (χ1) is 7.84. The molecule has 2 amide bonds. The number of carbonyl (C=O) groups is 1. The zero-order chi connectivity index (χ0) is 11.2. The van der Waals surface area contributed by atoms with E-state index in [1.807, 2.05) is 12.1 Å². The van der Waals surface area contributed by atoms with E-state index in [9.17, 15) is 4.79 Å². The molecular weight excluding hydrogens is 202 g/mol. The molecule has 2 rings (SSSR count). The first-order valence-corrected chi connectivity index (χ1v) is 5.78. The van der Waals surface area contributed by atoms with Crippen molar-refractivity contribution < 1.29 is 4.79 Å². The van der Waals surface area contributed by atoms with Gasteiger partial charge in [-0.1, -0.05) is 12.8 Å². The van der Waals surface area contributed by atoms with Gasteiger partial charge in [0.25, 0.3) is 0 Å². The Kier molecular flexibility index (Phi) is 3.75. The summed E-state index contributed by atoms with van der Waals surface area (Å²) in [7, 11) is 0. The summed E-state index contributed by atoms with van der Waals surface area (Å²) in [5.74, 6) is 0. The Morgan fingerprint density at radius 2 is 2.00 bits per heavy atom. The summed E-state index contributed by atoms with van der Waals surface area (Å²) in [5.41, 5.74) is 1.07. The van der Waals surface area contributed by atoms with Crippen LogP contribution in [0.2, 0.25) is 0 Å². The van der Waals surface area contributed by atoms with Gasteiger partial charge in [-0.2, -0.15) is 0 Å². The number of nitrogens with one attached hydrogen (secondary N) is 2. The van der Waals surface area contributed by atoms with Crippen molar-refractivity contribution in [3.05, 3.63) is 30.1 Å². The van der Waals surface area contributed by atoms with Crippen LogP contribution in [-0.4, -0.2) is 17.1 Å². The van der Waals surface area contributed by atoms with Crippen LogP contribution in [-0.2, 0) is 6.54 Å². The van der Waals surface area contributed by atoms with E-state index >= 15 is 0 Å². The third-order valence-electron chi connectivity index (χ3n) is 2.89. The molecule has 1 fully saturated rings. The summed E-state index contributed by atoms with van der Waals surface area (Å²) in [5, 5.41) is 5.83. The van der Waals surface area contributed by atoms with Gasteiger partial charge in [-0.25, -0.2) is 4.79 Å². The predicted molar refractivity (Wildman–Crippen MR) is 61.9 cm³/mol. The third-order valence-corrected chi connectivity index (χ3v) is 2.89. The number of carbonyl (C=O) groups excluding carboxylic acids is 1. The molecule has 1 aliphatic carbocycles. The first-order valence-electron chi connectivity index (χ1n) is 5.78. The van der Waals surface area contributed by atoms with Crippen molar-refractivity contribution in [3.8, 4) is 0 Å². The van der Waals surface area contributed by atoms with E-state index in [1.54, 1.807) is 12.4 Å². The molecule has 2 N–H and O–H groups in total. The third kappa shape index (κ3) is 3.22. The molecule has 1 heterocycles. The van der Waals surface area contributed by atoms with Gasteiger partial charge in [0.2, 0.25) is 0 Å². The SMILES string of the molecule is O=C(NCc1ccncc1)NC1CCCC1. The van der Waals surface area contributed by atoms with E-state index in [4.69, 9.17) is 0 Å². The predicted octanol–water partition coefficient (Wildman–Crippen LogP) is 1.82. The molecule has 1 aromatic rings. The minimum absolute atomic E-state index is 0.0660. The minimum atomic E-state index is -0.0660. The van der Waals surface area contributed by atoms with Gasteiger partial charge in [0.15, 0.2) is 0 Å². The highest BCUT2D eigenvalue weighted by Crippen LogP contribution is 2.17. The fourth-order valence-electron chi connectivity index (χ4n) is 1.99. The Labute approximate surface area is 95.5 Å². The maximum absolute atomic E-state index is 11.5. The maximum atomic E-state index is 11.5. The number of hydrogen-bond donors (Lipinski definition) is 2. The molecule has 16 heavy (non-hydrogen) atoms. The van der Waals surface area contributed by atoms with Crippen molar-refractivity contribution in [2.45, 2.75) is 38.3 Å². The van der Waals surface area contributed by atoms with Crippen LogP contribution in [0.5, 0.6) is 0 Å². The lowest BCUT2D eigenvalue weighted by Crippen LogP contribution is -2.40. The van der Waals surface area contributed by atoms with Crippen molar-refractivity contribution >= 4 is 6.03 Å². The number of aromatic nitrogens is 1. The van der Waals surface area contributed by atoms with Crippen molar-refractivity contribution in [2.24, 2.45) is 0 Å². The van der Waals surface area contributed by atoms with Crippen LogP contribution in [0, 0.1) is 0 Å². The number of amides is 2. The highest BCUT2D eigenvalue weighted by atomic mass is 16.2. The van der Waals surface area contributed by atoms with Crippen molar-refractivity contribution in [3.63, 3.8) is 0 Å². The second-order valence-corrected chi connectivity index (χ2v) is 4.16. The Morgan fingerprint density at radius 3 is 2.69 bits per heavy atom. The van der Waals surface area contributed by atoms with Gasteiger partial charge in [0.1, 0.15) is 0 Å². The van der Waals surface area contributed by atoms with Crippen molar-refractivity contribution in [1.82, 2.24) is 15.6 Å². The van der Waals surface area contributed by atoms with Gasteiger partial charge < -0.3 is 10.6 Å². The van der Waals surface area contributed by atoms with Gasteiger partial charge in [0, 0.05) is 25.0 Å². The maximum Gasteiger partial charge on any atom is 0.315 e. The van der Waals surface area contributed by atoms with Crippen LogP contribution < -0.4 is 10.6 Å². The summed E-state index contributed by atoms with van der Waals surface area (Å²) < 4.78 is 0. The average molecular weight is 219 g/mol. The molecule has 0 radical (unpaired) electrons. The van der Waals surface area contributed by atoms with Crippen LogP contribution in [0.1, 0.15) is 31.2 Å². The second kappa shape index (κ2) is 5.49. The highest BCUT2D eigenvalue weighted by Gasteiger charge is 2.16. The number of rotatable bonds is 3. The Morgan fingerprint density at radius 1 is 1.31 bits per heavy atom. The average Bonchev–Trinajstić information content (AvgIpc) is 2.81. The van der Waals surface area contributed by atoms with Crippen molar-refractivity contribution in [2.75, 3.05) is 0 Å². The molecule has 1 saturated carbocycles. The number of pyridine rings is 1. The minimum Gasteiger partial charge on any atom is -0.335 e. The van der Waals surface area contributed by atoms with Gasteiger partial charge in [0.05, 0.1) is 0 Å². The molecular formula is C12H17N3O. The quantitative estimate of drug-likeness (QED) is 0.814.